The summed E-state index contributed by atoms with van der Waals surface area (Å²) in [5.41, 5.74) is 0.658. The van der Waals surface area contributed by atoms with Gasteiger partial charge in [0.15, 0.2) is 18.1 Å². The van der Waals surface area contributed by atoms with Crippen LogP contribution in [0.4, 0.5) is 17.1 Å². The highest BCUT2D eigenvalue weighted by Gasteiger charge is 2.15. The molecule has 3 rings (SSSR count). The monoisotopic (exact) mass is 381 g/mol. The van der Waals surface area contributed by atoms with E-state index in [0.717, 1.165) is 0 Å². The van der Waals surface area contributed by atoms with Gasteiger partial charge in [-0.1, -0.05) is 18.2 Å². The van der Waals surface area contributed by atoms with Crippen molar-refractivity contribution < 1.29 is 23.7 Å². The van der Waals surface area contributed by atoms with E-state index in [1.807, 2.05) is 0 Å². The maximum absolute atomic E-state index is 12.1. The van der Waals surface area contributed by atoms with Gasteiger partial charge in [0.05, 0.1) is 11.2 Å². The maximum atomic E-state index is 12.1. The third-order valence-electron chi connectivity index (χ3n) is 3.57. The summed E-state index contributed by atoms with van der Waals surface area (Å²) < 4.78 is 10.3. The molecule has 1 aromatic heterocycles. The molecule has 28 heavy (non-hydrogen) atoms. The molecule has 0 atom stereocenters. The van der Waals surface area contributed by atoms with Crippen molar-refractivity contribution in [3.63, 3.8) is 0 Å². The lowest BCUT2D eigenvalue weighted by molar-refractivity contribution is -0.385. The third-order valence-corrected chi connectivity index (χ3v) is 3.57. The quantitative estimate of drug-likeness (QED) is 0.477. The molecule has 2 amide bonds. The van der Waals surface area contributed by atoms with Crippen LogP contribution in [0.5, 0.6) is 5.75 Å². The SMILES string of the molecule is O=C(COc1ccccc1[N+](=O)[O-])Nc1cccc(NC(=O)c2ccco2)c1. The Hall–Kier alpha value is -4.14. The van der Waals surface area contributed by atoms with E-state index >= 15 is 0 Å². The highest BCUT2D eigenvalue weighted by molar-refractivity contribution is 6.02. The topological polar surface area (TPSA) is 124 Å². The first kappa shape index (κ1) is 18.6. The van der Waals surface area contributed by atoms with E-state index in [4.69, 9.17) is 9.15 Å². The van der Waals surface area contributed by atoms with Gasteiger partial charge in [-0.15, -0.1) is 0 Å². The molecule has 2 aromatic carbocycles. The van der Waals surface area contributed by atoms with Crippen molar-refractivity contribution in [2.24, 2.45) is 0 Å². The zero-order valence-corrected chi connectivity index (χ0v) is 14.5. The molecule has 3 aromatic rings. The van der Waals surface area contributed by atoms with Crippen LogP contribution in [0, 0.1) is 10.1 Å². The number of carbonyl (C=O) groups is 2. The molecule has 0 saturated heterocycles. The number of nitrogens with zero attached hydrogens (tertiary/aromatic N) is 1. The Morgan fingerprint density at radius 3 is 2.46 bits per heavy atom. The van der Waals surface area contributed by atoms with E-state index < -0.39 is 23.3 Å². The van der Waals surface area contributed by atoms with Crippen LogP contribution in [0.25, 0.3) is 0 Å². The summed E-state index contributed by atoms with van der Waals surface area (Å²) in [5, 5.41) is 16.2. The normalized spacial score (nSPS) is 10.1. The Balaban J connectivity index is 1.59. The highest BCUT2D eigenvalue weighted by Crippen LogP contribution is 2.25. The number of amides is 2. The van der Waals surface area contributed by atoms with Gasteiger partial charge < -0.3 is 19.8 Å². The molecule has 142 valence electrons. The van der Waals surface area contributed by atoms with Crippen LogP contribution in [0.3, 0.4) is 0 Å². The van der Waals surface area contributed by atoms with Gasteiger partial charge in [0, 0.05) is 17.4 Å². The van der Waals surface area contributed by atoms with E-state index in [9.17, 15) is 19.7 Å². The number of ether oxygens (including phenoxy) is 1. The Morgan fingerprint density at radius 1 is 1.00 bits per heavy atom. The molecule has 0 aliphatic carbocycles. The fraction of sp³-hybridized carbons (Fsp3) is 0.0526. The van der Waals surface area contributed by atoms with E-state index in [1.54, 1.807) is 36.4 Å². The van der Waals surface area contributed by atoms with Crippen molar-refractivity contribution >= 4 is 28.9 Å². The number of para-hydroxylation sites is 2. The minimum Gasteiger partial charge on any atom is -0.477 e. The molecule has 2 N–H and O–H groups in total. The summed E-state index contributed by atoms with van der Waals surface area (Å²) in [5.74, 6) is -0.768. The van der Waals surface area contributed by atoms with Gasteiger partial charge >= 0.3 is 5.69 Å². The Kier molecular flexibility index (Phi) is 5.66. The molecule has 0 saturated carbocycles. The number of nitrogens with one attached hydrogen (secondary N) is 2. The predicted molar refractivity (Wildman–Crippen MR) is 100 cm³/mol. The van der Waals surface area contributed by atoms with Gasteiger partial charge in [-0.3, -0.25) is 19.7 Å². The first-order chi connectivity index (χ1) is 13.5. The van der Waals surface area contributed by atoms with Crippen LogP contribution in [0.1, 0.15) is 10.6 Å². The summed E-state index contributed by atoms with van der Waals surface area (Å²) in [6.45, 7) is -0.409. The van der Waals surface area contributed by atoms with E-state index in [1.165, 1.54) is 30.5 Å². The first-order valence-corrected chi connectivity index (χ1v) is 8.14. The molecular formula is C19H15N3O6. The van der Waals surface area contributed by atoms with Crippen molar-refractivity contribution in [1.29, 1.82) is 0 Å². The molecule has 0 spiro atoms. The highest BCUT2D eigenvalue weighted by atomic mass is 16.6. The molecule has 0 bridgehead atoms. The van der Waals surface area contributed by atoms with E-state index in [-0.39, 0.29) is 17.2 Å². The Bertz CT molecular complexity index is 1000. The first-order valence-electron chi connectivity index (χ1n) is 8.14. The molecule has 1 heterocycles. The minimum absolute atomic E-state index is 0.00196. The smallest absolute Gasteiger partial charge is 0.310 e. The number of rotatable bonds is 7. The van der Waals surface area contributed by atoms with Gasteiger partial charge in [0.1, 0.15) is 0 Å². The third kappa shape index (κ3) is 4.73. The average Bonchev–Trinajstić information content (AvgIpc) is 3.22. The van der Waals surface area contributed by atoms with Crippen LogP contribution < -0.4 is 15.4 Å². The molecule has 0 fully saturated rings. The Morgan fingerprint density at radius 2 is 1.75 bits per heavy atom. The number of hydrogen-bond acceptors (Lipinski definition) is 6. The molecule has 0 unspecified atom stereocenters. The summed E-state index contributed by atoms with van der Waals surface area (Å²) >= 11 is 0. The number of nitro benzene ring substituents is 1. The van der Waals surface area contributed by atoms with Gasteiger partial charge in [-0.05, 0) is 36.4 Å². The fourth-order valence-corrected chi connectivity index (χ4v) is 2.35. The van der Waals surface area contributed by atoms with Crippen LogP contribution in [-0.2, 0) is 4.79 Å². The number of nitro groups is 1. The van der Waals surface area contributed by atoms with Crippen molar-refractivity contribution in [2.75, 3.05) is 17.2 Å². The van der Waals surface area contributed by atoms with Gasteiger partial charge in [0.25, 0.3) is 11.8 Å². The van der Waals surface area contributed by atoms with Crippen molar-refractivity contribution in [3.8, 4) is 5.75 Å². The standard InChI is InChI=1S/C19H15N3O6/c23-18(12-28-16-8-2-1-7-15(16)22(25)26)20-13-5-3-6-14(11-13)21-19(24)17-9-4-10-27-17/h1-11H,12H2,(H,20,23)(H,21,24). The van der Waals surface area contributed by atoms with Crippen LogP contribution in [0.15, 0.2) is 71.3 Å². The summed E-state index contributed by atoms with van der Waals surface area (Å²) in [6.07, 6.45) is 1.39. The second kappa shape index (κ2) is 8.49. The lowest BCUT2D eigenvalue weighted by atomic mass is 10.2. The second-order valence-corrected chi connectivity index (χ2v) is 5.57. The van der Waals surface area contributed by atoms with E-state index in [2.05, 4.69) is 10.6 Å². The van der Waals surface area contributed by atoms with Gasteiger partial charge in [-0.25, -0.2) is 0 Å². The molecule has 0 aliphatic heterocycles. The van der Waals surface area contributed by atoms with Crippen molar-refractivity contribution in [3.05, 3.63) is 82.8 Å². The number of furan rings is 1. The van der Waals surface area contributed by atoms with E-state index in [0.29, 0.717) is 11.4 Å². The van der Waals surface area contributed by atoms with Crippen molar-refractivity contribution in [1.82, 2.24) is 0 Å². The summed E-state index contributed by atoms with van der Waals surface area (Å²) in [7, 11) is 0. The number of carbonyl (C=O) groups excluding carboxylic acids is 2. The predicted octanol–water partition coefficient (Wildman–Crippen LogP) is 3.46. The summed E-state index contributed by atoms with van der Waals surface area (Å²) in [4.78, 5) is 34.4. The number of benzene rings is 2. The maximum Gasteiger partial charge on any atom is 0.310 e. The number of hydrogen-bond donors (Lipinski definition) is 2. The lowest BCUT2D eigenvalue weighted by Gasteiger charge is -2.09. The summed E-state index contributed by atoms with van der Waals surface area (Å²) in [6, 6.07) is 15.4. The Labute approximate surface area is 159 Å². The van der Waals surface area contributed by atoms with Crippen molar-refractivity contribution in [2.45, 2.75) is 0 Å². The van der Waals surface area contributed by atoms with Gasteiger partial charge in [0.2, 0.25) is 0 Å². The molecule has 9 heteroatoms. The molecule has 9 nitrogen and oxygen atoms in total. The minimum atomic E-state index is -0.585. The zero-order chi connectivity index (χ0) is 19.9. The molecule has 0 radical (unpaired) electrons. The van der Waals surface area contributed by atoms with Gasteiger partial charge in [-0.2, -0.15) is 0 Å². The van der Waals surface area contributed by atoms with Crippen LogP contribution in [0.2, 0.25) is 0 Å². The zero-order valence-electron chi connectivity index (χ0n) is 14.5. The average molecular weight is 381 g/mol. The number of anilines is 2. The largest absolute Gasteiger partial charge is 0.477 e. The lowest BCUT2D eigenvalue weighted by Crippen LogP contribution is -2.20. The fourth-order valence-electron chi connectivity index (χ4n) is 2.35. The van der Waals surface area contributed by atoms with Crippen LogP contribution in [-0.4, -0.2) is 23.3 Å². The van der Waals surface area contributed by atoms with Crippen LogP contribution >= 0.6 is 0 Å². The molecule has 0 aliphatic rings. The molecular weight excluding hydrogens is 366 g/mol. The second-order valence-electron chi connectivity index (χ2n) is 5.57.